The van der Waals surface area contributed by atoms with Crippen LogP contribution < -0.4 is 5.32 Å². The minimum Gasteiger partial charge on any atom is -0.361 e. The summed E-state index contributed by atoms with van der Waals surface area (Å²) in [6, 6.07) is 0. The van der Waals surface area contributed by atoms with E-state index in [9.17, 15) is 4.79 Å². The van der Waals surface area contributed by atoms with Crippen LogP contribution in [0, 0.1) is 24.6 Å². The number of nitrogens with zero attached hydrogens (tertiary/aromatic N) is 1. The molecule has 5 heteroatoms. The number of amides is 1. The van der Waals surface area contributed by atoms with Crippen LogP contribution >= 0.6 is 15.9 Å². The van der Waals surface area contributed by atoms with Crippen molar-refractivity contribution >= 4 is 21.8 Å². The lowest BCUT2D eigenvalue weighted by Crippen LogP contribution is -2.21. The average molecular weight is 257 g/mol. The monoisotopic (exact) mass is 256 g/mol. The molecule has 1 N–H and O–H groups in total. The number of hydrogen-bond donors (Lipinski definition) is 1. The van der Waals surface area contributed by atoms with E-state index in [0.717, 1.165) is 17.0 Å². The normalized spacial score (nSPS) is 9.07. The summed E-state index contributed by atoms with van der Waals surface area (Å²) in [4.78, 5) is 13.3. The third kappa shape index (κ3) is 2.60. The quantitative estimate of drug-likeness (QED) is 0.811. The van der Waals surface area contributed by atoms with Crippen LogP contribution in [0.2, 0.25) is 0 Å². The molecule has 0 spiro atoms. The van der Waals surface area contributed by atoms with Crippen LogP contribution in [0.5, 0.6) is 0 Å². The van der Waals surface area contributed by atoms with E-state index >= 15 is 0 Å². The van der Waals surface area contributed by atoms with Gasteiger partial charge in [0.15, 0.2) is 0 Å². The molecule has 74 valence electrons. The summed E-state index contributed by atoms with van der Waals surface area (Å²) in [6.07, 6.45) is 0. The lowest BCUT2D eigenvalue weighted by molar-refractivity contribution is -0.115. The number of nitrogens with one attached hydrogen (secondary N) is 1. The second-order valence-corrected chi connectivity index (χ2v) is 3.10. The molecule has 1 rings (SSSR count). The topological polar surface area (TPSA) is 55.1 Å². The number of halogens is 1. The Morgan fingerprint density at radius 3 is 2.86 bits per heavy atom. The van der Waals surface area contributed by atoms with Crippen molar-refractivity contribution in [1.82, 2.24) is 10.5 Å². The number of carbonyl (C=O) groups excluding carboxylic acids is 1. The van der Waals surface area contributed by atoms with Gasteiger partial charge in [-0.3, -0.25) is 4.79 Å². The van der Waals surface area contributed by atoms with Gasteiger partial charge in [0.2, 0.25) is 0 Å². The number of aromatic nitrogens is 1. The van der Waals surface area contributed by atoms with Crippen molar-refractivity contribution in [2.75, 3.05) is 0 Å². The standard InChI is InChI=1S/C9H9BrN2O2/c1-6-8(7(2)14-12-6)5-11-9(13)3-4-10/h5H2,1-2H3,(H,11,13). The van der Waals surface area contributed by atoms with Gasteiger partial charge < -0.3 is 9.84 Å². The van der Waals surface area contributed by atoms with E-state index in [2.05, 4.69) is 37.2 Å². The van der Waals surface area contributed by atoms with Crippen LogP contribution in [0.1, 0.15) is 17.0 Å². The van der Waals surface area contributed by atoms with Gasteiger partial charge in [0.1, 0.15) is 5.76 Å². The SMILES string of the molecule is Cc1noc(C)c1CNC(=O)C#CBr. The van der Waals surface area contributed by atoms with Crippen LogP contribution in [0.25, 0.3) is 0 Å². The average Bonchev–Trinajstić information content (AvgIpc) is 2.44. The maximum Gasteiger partial charge on any atom is 0.297 e. The second kappa shape index (κ2) is 4.82. The van der Waals surface area contributed by atoms with Crippen molar-refractivity contribution in [1.29, 1.82) is 0 Å². The molecule has 1 aromatic rings. The first-order valence-corrected chi connectivity index (χ1v) is 4.75. The zero-order chi connectivity index (χ0) is 10.6. The Morgan fingerprint density at radius 2 is 2.36 bits per heavy atom. The van der Waals surface area contributed by atoms with Crippen LogP contribution in [0.15, 0.2) is 4.52 Å². The van der Waals surface area contributed by atoms with E-state index in [0.29, 0.717) is 6.54 Å². The van der Waals surface area contributed by atoms with Crippen molar-refractivity contribution in [3.05, 3.63) is 17.0 Å². The van der Waals surface area contributed by atoms with Gasteiger partial charge >= 0.3 is 0 Å². The summed E-state index contributed by atoms with van der Waals surface area (Å²) < 4.78 is 4.94. The maximum atomic E-state index is 11.0. The summed E-state index contributed by atoms with van der Waals surface area (Å²) >= 11 is 2.84. The molecule has 0 aliphatic rings. The Hall–Kier alpha value is -1.28. The van der Waals surface area contributed by atoms with Crippen LogP contribution in [-0.2, 0) is 11.3 Å². The molecule has 0 saturated carbocycles. The highest BCUT2D eigenvalue weighted by Gasteiger charge is 2.08. The lowest BCUT2D eigenvalue weighted by Gasteiger charge is -1.99. The molecule has 0 fully saturated rings. The zero-order valence-corrected chi connectivity index (χ0v) is 9.43. The smallest absolute Gasteiger partial charge is 0.297 e. The molecule has 0 aliphatic heterocycles. The highest BCUT2D eigenvalue weighted by atomic mass is 79.9. The van der Waals surface area contributed by atoms with Crippen molar-refractivity contribution < 1.29 is 9.32 Å². The third-order valence-electron chi connectivity index (χ3n) is 1.77. The molecule has 0 unspecified atom stereocenters. The first kappa shape index (κ1) is 10.8. The van der Waals surface area contributed by atoms with Gasteiger partial charge in [-0.05, 0) is 18.7 Å². The van der Waals surface area contributed by atoms with Crippen molar-refractivity contribution in [2.24, 2.45) is 0 Å². The highest BCUT2D eigenvalue weighted by molar-refractivity contribution is 9.12. The predicted octanol–water partition coefficient (Wildman–Crippen LogP) is 1.26. The van der Waals surface area contributed by atoms with Crippen LogP contribution in [0.4, 0.5) is 0 Å². The van der Waals surface area contributed by atoms with Gasteiger partial charge in [0.25, 0.3) is 5.91 Å². The van der Waals surface area contributed by atoms with Crippen LogP contribution in [-0.4, -0.2) is 11.1 Å². The zero-order valence-electron chi connectivity index (χ0n) is 7.85. The molecule has 1 heterocycles. The van der Waals surface area contributed by atoms with E-state index in [4.69, 9.17) is 4.52 Å². The molecular weight excluding hydrogens is 248 g/mol. The molecule has 0 saturated heterocycles. The lowest BCUT2D eigenvalue weighted by atomic mass is 10.2. The summed E-state index contributed by atoms with van der Waals surface area (Å²) in [5.41, 5.74) is 1.68. The Balaban J connectivity index is 2.60. The molecule has 14 heavy (non-hydrogen) atoms. The second-order valence-electron chi connectivity index (χ2n) is 2.70. The third-order valence-corrected chi connectivity index (χ3v) is 1.97. The Morgan fingerprint density at radius 1 is 1.64 bits per heavy atom. The van der Waals surface area contributed by atoms with Gasteiger partial charge in [0, 0.05) is 34.0 Å². The molecule has 0 aliphatic carbocycles. The Kier molecular flexibility index (Phi) is 3.72. The molecule has 4 nitrogen and oxygen atoms in total. The van der Waals surface area contributed by atoms with Gasteiger partial charge in [0.05, 0.1) is 5.69 Å². The summed E-state index contributed by atoms with van der Waals surface area (Å²) in [5, 5.41) is 6.39. The molecule has 0 atom stereocenters. The summed E-state index contributed by atoms with van der Waals surface area (Å²) in [6.45, 7) is 4.02. The van der Waals surface area contributed by atoms with E-state index < -0.39 is 0 Å². The first-order valence-electron chi connectivity index (χ1n) is 3.96. The summed E-state index contributed by atoms with van der Waals surface area (Å²) in [7, 11) is 0. The van der Waals surface area contributed by atoms with Crippen LogP contribution in [0.3, 0.4) is 0 Å². The minimum atomic E-state index is -0.332. The first-order chi connectivity index (χ1) is 6.65. The van der Waals surface area contributed by atoms with Crippen molar-refractivity contribution in [2.45, 2.75) is 20.4 Å². The molecule has 0 aromatic carbocycles. The fourth-order valence-corrected chi connectivity index (χ4v) is 1.19. The van der Waals surface area contributed by atoms with Gasteiger partial charge in [-0.15, -0.1) is 0 Å². The fraction of sp³-hybridized carbons (Fsp3) is 0.333. The van der Waals surface area contributed by atoms with E-state index in [1.807, 2.05) is 6.92 Å². The molecule has 0 bridgehead atoms. The molecule has 0 radical (unpaired) electrons. The predicted molar refractivity (Wildman–Crippen MR) is 54.5 cm³/mol. The largest absolute Gasteiger partial charge is 0.361 e. The number of hydrogen-bond acceptors (Lipinski definition) is 3. The highest BCUT2D eigenvalue weighted by Crippen LogP contribution is 2.10. The van der Waals surface area contributed by atoms with E-state index in [1.54, 1.807) is 6.92 Å². The van der Waals surface area contributed by atoms with E-state index in [1.165, 1.54) is 0 Å². The number of aryl methyl sites for hydroxylation is 2. The maximum absolute atomic E-state index is 11.0. The fourth-order valence-electron chi connectivity index (χ4n) is 1.01. The van der Waals surface area contributed by atoms with Gasteiger partial charge in [-0.2, -0.15) is 0 Å². The number of carbonyl (C=O) groups is 1. The Labute approximate surface area is 90.2 Å². The summed E-state index contributed by atoms with van der Waals surface area (Å²) in [5.74, 6) is 2.70. The van der Waals surface area contributed by atoms with Gasteiger partial charge in [-0.1, -0.05) is 5.16 Å². The van der Waals surface area contributed by atoms with Gasteiger partial charge in [-0.25, -0.2) is 0 Å². The van der Waals surface area contributed by atoms with Crippen molar-refractivity contribution in [3.63, 3.8) is 0 Å². The van der Waals surface area contributed by atoms with Crippen molar-refractivity contribution in [3.8, 4) is 10.8 Å². The molecule has 1 aromatic heterocycles. The minimum absolute atomic E-state index is 0.332. The molecule has 1 amide bonds. The molecular formula is C9H9BrN2O2. The number of rotatable bonds is 2. The van der Waals surface area contributed by atoms with E-state index in [-0.39, 0.29) is 5.91 Å². The Bertz CT molecular complexity index is 381.